The molecule has 2 rings (SSSR count). The Kier molecular flexibility index (Phi) is 5.13. The molecule has 0 bridgehead atoms. The van der Waals surface area contributed by atoms with E-state index in [1.807, 2.05) is 20.8 Å². The molecular formula is C17H26N2O4S. The number of amides is 1. The molecule has 1 aromatic carbocycles. The largest absolute Gasteiger partial charge is 0.444 e. The van der Waals surface area contributed by atoms with Gasteiger partial charge in [0.2, 0.25) is 0 Å². The molecule has 1 aromatic rings. The summed E-state index contributed by atoms with van der Waals surface area (Å²) in [4.78, 5) is 13.9. The highest BCUT2D eigenvalue weighted by atomic mass is 32.2. The van der Waals surface area contributed by atoms with Crippen molar-refractivity contribution in [1.82, 2.24) is 4.90 Å². The first-order valence-electron chi connectivity index (χ1n) is 8.08. The Balaban J connectivity index is 2.05. The Morgan fingerprint density at radius 2 is 1.83 bits per heavy atom. The third kappa shape index (κ3) is 4.20. The maximum absolute atomic E-state index is 12.8. The number of carbonyl (C=O) groups is 1. The minimum Gasteiger partial charge on any atom is -0.444 e. The zero-order valence-electron chi connectivity index (χ0n) is 14.7. The van der Waals surface area contributed by atoms with Crippen molar-refractivity contribution >= 4 is 21.6 Å². The molecule has 24 heavy (non-hydrogen) atoms. The molecule has 1 fully saturated rings. The van der Waals surface area contributed by atoms with Crippen LogP contribution in [-0.4, -0.2) is 43.4 Å². The van der Waals surface area contributed by atoms with E-state index in [4.69, 9.17) is 10.5 Å². The number of nitrogens with two attached hydrogens (primary N) is 1. The van der Waals surface area contributed by atoms with Crippen molar-refractivity contribution in [3.63, 3.8) is 0 Å². The predicted molar refractivity (Wildman–Crippen MR) is 93.6 cm³/mol. The van der Waals surface area contributed by atoms with Crippen molar-refractivity contribution < 1.29 is 17.9 Å². The van der Waals surface area contributed by atoms with Crippen LogP contribution in [0.5, 0.6) is 0 Å². The van der Waals surface area contributed by atoms with E-state index in [0.29, 0.717) is 36.5 Å². The number of benzene rings is 1. The van der Waals surface area contributed by atoms with Gasteiger partial charge in [-0.15, -0.1) is 0 Å². The van der Waals surface area contributed by atoms with Crippen molar-refractivity contribution in [2.75, 3.05) is 18.8 Å². The lowest BCUT2D eigenvalue weighted by Gasteiger charge is -2.33. The summed E-state index contributed by atoms with van der Waals surface area (Å²) in [5.41, 5.74) is 6.53. The van der Waals surface area contributed by atoms with E-state index < -0.39 is 20.7 Å². The fourth-order valence-electron chi connectivity index (χ4n) is 2.69. The zero-order chi connectivity index (χ0) is 18.1. The Morgan fingerprint density at radius 1 is 1.25 bits per heavy atom. The lowest BCUT2D eigenvalue weighted by molar-refractivity contribution is 0.0217. The van der Waals surface area contributed by atoms with Crippen LogP contribution in [0.2, 0.25) is 0 Å². The molecule has 1 amide bonds. The van der Waals surface area contributed by atoms with E-state index in [1.54, 1.807) is 30.0 Å². The number of nitrogens with zero attached hydrogens (tertiary/aromatic N) is 1. The monoisotopic (exact) mass is 354 g/mol. The molecule has 2 N–H and O–H groups in total. The molecule has 0 radical (unpaired) electrons. The van der Waals surface area contributed by atoms with Gasteiger partial charge in [-0.3, -0.25) is 0 Å². The van der Waals surface area contributed by atoms with Gasteiger partial charge >= 0.3 is 6.09 Å². The second-order valence-corrected chi connectivity index (χ2v) is 9.46. The van der Waals surface area contributed by atoms with Gasteiger partial charge in [-0.05, 0) is 64.3 Å². The molecule has 0 aromatic heterocycles. The summed E-state index contributed by atoms with van der Waals surface area (Å²) in [5.74, 6) is 0. The number of hydrogen-bond donors (Lipinski definition) is 1. The van der Waals surface area contributed by atoms with Crippen LogP contribution >= 0.6 is 0 Å². The van der Waals surface area contributed by atoms with Gasteiger partial charge in [-0.2, -0.15) is 0 Å². The minimum atomic E-state index is -3.42. The summed E-state index contributed by atoms with van der Waals surface area (Å²) in [6, 6.07) is 4.79. The summed E-state index contributed by atoms with van der Waals surface area (Å²) < 4.78 is 30.9. The average molecular weight is 354 g/mol. The first-order valence-corrected chi connectivity index (χ1v) is 9.63. The SMILES string of the molecule is Cc1cc(S(=O)(=O)C2CCN(C(=O)OC(C)(C)C)CC2)ccc1N. The molecule has 7 heteroatoms. The number of carbonyl (C=O) groups excluding carboxylic acids is 1. The van der Waals surface area contributed by atoms with E-state index in [2.05, 4.69) is 0 Å². The lowest BCUT2D eigenvalue weighted by atomic mass is 10.1. The van der Waals surface area contributed by atoms with Crippen molar-refractivity contribution in [2.45, 2.75) is 56.3 Å². The first kappa shape index (κ1) is 18.6. The normalized spacial score (nSPS) is 16.9. The van der Waals surface area contributed by atoms with Crippen LogP contribution in [0.15, 0.2) is 23.1 Å². The maximum atomic E-state index is 12.8. The van der Waals surface area contributed by atoms with Gasteiger partial charge in [0.25, 0.3) is 0 Å². The molecule has 1 heterocycles. The molecule has 1 saturated heterocycles. The van der Waals surface area contributed by atoms with Gasteiger partial charge in [-0.1, -0.05) is 0 Å². The number of anilines is 1. The summed E-state index contributed by atoms with van der Waals surface area (Å²) in [7, 11) is -3.42. The molecular weight excluding hydrogens is 328 g/mol. The van der Waals surface area contributed by atoms with Crippen molar-refractivity contribution in [1.29, 1.82) is 0 Å². The molecule has 0 unspecified atom stereocenters. The number of piperidine rings is 1. The highest BCUT2D eigenvalue weighted by Gasteiger charge is 2.34. The summed E-state index contributed by atoms with van der Waals surface area (Å²) >= 11 is 0. The van der Waals surface area contributed by atoms with Gasteiger partial charge in [0.05, 0.1) is 10.1 Å². The van der Waals surface area contributed by atoms with Crippen LogP contribution < -0.4 is 5.73 Å². The minimum absolute atomic E-state index is 0.296. The van der Waals surface area contributed by atoms with Crippen LogP contribution in [0.25, 0.3) is 0 Å². The van der Waals surface area contributed by atoms with E-state index >= 15 is 0 Å². The second-order valence-electron chi connectivity index (χ2n) is 7.23. The molecule has 0 aliphatic carbocycles. The number of likely N-dealkylation sites (tertiary alicyclic amines) is 1. The van der Waals surface area contributed by atoms with Crippen molar-refractivity contribution in [3.05, 3.63) is 23.8 Å². The number of sulfone groups is 1. The zero-order valence-corrected chi connectivity index (χ0v) is 15.5. The molecule has 0 saturated carbocycles. The standard InChI is InChI=1S/C17H26N2O4S/c1-12-11-14(5-6-15(12)18)24(21,22)13-7-9-19(10-8-13)16(20)23-17(2,3)4/h5-6,11,13H,7-10,18H2,1-4H3. The van der Waals surface area contributed by atoms with Gasteiger partial charge in [0.1, 0.15) is 5.60 Å². The Labute approximate surface area is 143 Å². The van der Waals surface area contributed by atoms with E-state index in [0.717, 1.165) is 5.56 Å². The van der Waals surface area contributed by atoms with E-state index in [1.165, 1.54) is 0 Å². The smallest absolute Gasteiger partial charge is 0.410 e. The highest BCUT2D eigenvalue weighted by molar-refractivity contribution is 7.92. The molecule has 1 aliphatic heterocycles. The Morgan fingerprint density at radius 3 is 2.33 bits per heavy atom. The Bertz CT molecular complexity index is 715. The molecule has 0 atom stereocenters. The van der Waals surface area contributed by atoms with E-state index in [-0.39, 0.29) is 6.09 Å². The number of ether oxygens (including phenoxy) is 1. The van der Waals surface area contributed by atoms with Gasteiger partial charge in [0, 0.05) is 18.8 Å². The van der Waals surface area contributed by atoms with Crippen molar-refractivity contribution in [2.24, 2.45) is 0 Å². The van der Waals surface area contributed by atoms with Crippen LogP contribution in [-0.2, 0) is 14.6 Å². The van der Waals surface area contributed by atoms with Gasteiger partial charge in [-0.25, -0.2) is 13.2 Å². The molecule has 134 valence electrons. The van der Waals surface area contributed by atoms with E-state index in [9.17, 15) is 13.2 Å². The second kappa shape index (κ2) is 6.63. The van der Waals surface area contributed by atoms with Crippen molar-refractivity contribution in [3.8, 4) is 0 Å². The van der Waals surface area contributed by atoms with Gasteiger partial charge < -0.3 is 15.4 Å². The summed E-state index contributed by atoms with van der Waals surface area (Å²) in [5, 5.41) is -0.487. The number of aryl methyl sites for hydroxylation is 1. The average Bonchev–Trinajstić information content (AvgIpc) is 2.48. The fourth-order valence-corrected chi connectivity index (χ4v) is 4.51. The highest BCUT2D eigenvalue weighted by Crippen LogP contribution is 2.27. The third-order valence-corrected chi connectivity index (χ3v) is 6.36. The molecule has 6 nitrogen and oxygen atoms in total. The number of nitrogen functional groups attached to an aromatic ring is 1. The maximum Gasteiger partial charge on any atom is 0.410 e. The number of hydrogen-bond acceptors (Lipinski definition) is 5. The van der Waals surface area contributed by atoms with Crippen LogP contribution in [0.3, 0.4) is 0 Å². The van der Waals surface area contributed by atoms with Crippen LogP contribution in [0, 0.1) is 6.92 Å². The fraction of sp³-hybridized carbons (Fsp3) is 0.588. The molecule has 1 aliphatic rings. The van der Waals surface area contributed by atoms with Crippen LogP contribution in [0.4, 0.5) is 10.5 Å². The first-order chi connectivity index (χ1) is 11.0. The van der Waals surface area contributed by atoms with Crippen LogP contribution in [0.1, 0.15) is 39.2 Å². The third-order valence-electron chi connectivity index (χ3n) is 4.10. The quantitative estimate of drug-likeness (QED) is 0.825. The Hall–Kier alpha value is -1.76. The van der Waals surface area contributed by atoms with Gasteiger partial charge in [0.15, 0.2) is 9.84 Å². The predicted octanol–water partition coefficient (Wildman–Crippen LogP) is 2.75. The number of rotatable bonds is 2. The summed E-state index contributed by atoms with van der Waals surface area (Å²) in [6.45, 7) is 7.99. The molecule has 0 spiro atoms. The lowest BCUT2D eigenvalue weighted by Crippen LogP contribution is -2.44. The topological polar surface area (TPSA) is 89.7 Å². The summed E-state index contributed by atoms with van der Waals surface area (Å²) in [6.07, 6.45) is 0.428.